The molecule has 0 amide bonds. The monoisotopic (exact) mass is 268 g/mol. The van der Waals surface area contributed by atoms with Crippen LogP contribution < -0.4 is 0 Å². The summed E-state index contributed by atoms with van der Waals surface area (Å²) in [5.74, 6) is 0. The Morgan fingerprint density at radius 3 is 2.47 bits per heavy atom. The largest absolute Gasteiger partial charge is 0.222 e. The average molecular weight is 269 g/mol. The molecule has 0 aliphatic carbocycles. The summed E-state index contributed by atoms with van der Waals surface area (Å²) < 4.78 is 1.74. The van der Waals surface area contributed by atoms with Gasteiger partial charge in [0, 0.05) is 10.6 Å². The van der Waals surface area contributed by atoms with Crippen molar-refractivity contribution in [2.75, 3.05) is 0 Å². The Balaban J connectivity index is 2.56. The van der Waals surface area contributed by atoms with Crippen LogP contribution in [-0.4, -0.2) is 9.78 Å². The van der Waals surface area contributed by atoms with Gasteiger partial charge in [0.25, 0.3) is 0 Å². The van der Waals surface area contributed by atoms with Gasteiger partial charge in [0.1, 0.15) is 5.15 Å². The normalized spacial score (nSPS) is 10.9. The first-order valence-corrected chi connectivity index (χ1v) is 6.30. The Bertz CT molecular complexity index is 559. The fourth-order valence-corrected chi connectivity index (χ4v) is 2.16. The molecule has 0 spiro atoms. The second-order valence-corrected chi connectivity index (χ2v) is 4.83. The van der Waals surface area contributed by atoms with Crippen LogP contribution in [0.1, 0.15) is 23.7 Å². The Kier molecular flexibility index (Phi) is 3.45. The summed E-state index contributed by atoms with van der Waals surface area (Å²) in [5.41, 5.74) is 4.00. The van der Waals surface area contributed by atoms with Crippen molar-refractivity contribution in [1.29, 1.82) is 0 Å². The average Bonchev–Trinajstić information content (AvgIpc) is 2.60. The summed E-state index contributed by atoms with van der Waals surface area (Å²) in [5, 5.41) is 5.88. The maximum Gasteiger partial charge on any atom is 0.136 e. The Labute approximate surface area is 111 Å². The van der Waals surface area contributed by atoms with E-state index in [-0.39, 0.29) is 0 Å². The minimum atomic E-state index is 0.654. The van der Waals surface area contributed by atoms with Crippen molar-refractivity contribution >= 4 is 23.2 Å². The van der Waals surface area contributed by atoms with Crippen LogP contribution in [0.3, 0.4) is 0 Å². The molecule has 0 bridgehead atoms. The molecule has 2 aromatic rings. The van der Waals surface area contributed by atoms with Crippen LogP contribution in [0.4, 0.5) is 0 Å². The zero-order valence-corrected chi connectivity index (χ0v) is 11.6. The number of hydrogen-bond acceptors (Lipinski definition) is 1. The lowest BCUT2D eigenvalue weighted by molar-refractivity contribution is 0.841. The quantitative estimate of drug-likeness (QED) is 0.792. The molecule has 0 fully saturated rings. The predicted octanol–water partition coefficient (Wildman–Crippen LogP) is 4.36. The van der Waals surface area contributed by atoms with Gasteiger partial charge in [-0.05, 0) is 38.0 Å². The van der Waals surface area contributed by atoms with Crippen LogP contribution in [0.5, 0.6) is 0 Å². The molecule has 0 aliphatic heterocycles. The highest BCUT2D eigenvalue weighted by molar-refractivity contribution is 6.32. The van der Waals surface area contributed by atoms with Crippen LogP contribution in [0.25, 0.3) is 5.69 Å². The van der Waals surface area contributed by atoms with Crippen LogP contribution >= 0.6 is 23.2 Å². The van der Waals surface area contributed by atoms with E-state index in [0.29, 0.717) is 5.15 Å². The highest BCUT2D eigenvalue weighted by atomic mass is 35.5. The molecule has 1 heterocycles. The van der Waals surface area contributed by atoms with Crippen LogP contribution in [0.15, 0.2) is 18.2 Å². The van der Waals surface area contributed by atoms with Crippen LogP contribution in [0.2, 0.25) is 10.2 Å². The molecule has 0 unspecified atom stereocenters. The molecule has 0 radical (unpaired) electrons. The second-order valence-electron chi connectivity index (χ2n) is 4.06. The summed E-state index contributed by atoms with van der Waals surface area (Å²) in [4.78, 5) is 0. The number of benzene rings is 1. The molecule has 0 saturated carbocycles. The summed E-state index contributed by atoms with van der Waals surface area (Å²) in [6.45, 7) is 6.03. The third kappa shape index (κ3) is 2.20. The van der Waals surface area contributed by atoms with Gasteiger partial charge in [0.05, 0.1) is 11.4 Å². The zero-order valence-electron chi connectivity index (χ0n) is 10.1. The van der Waals surface area contributed by atoms with Crippen molar-refractivity contribution in [1.82, 2.24) is 9.78 Å². The van der Waals surface area contributed by atoms with Gasteiger partial charge in [0.2, 0.25) is 0 Å². The van der Waals surface area contributed by atoms with Gasteiger partial charge >= 0.3 is 0 Å². The van der Waals surface area contributed by atoms with E-state index < -0.39 is 0 Å². The topological polar surface area (TPSA) is 17.8 Å². The standard InChI is InChI=1S/C13H14Cl2N2/c1-4-12-9(3)13(15)17(16-12)10-6-5-8(2)11(14)7-10/h5-7H,4H2,1-3H3. The van der Waals surface area contributed by atoms with Gasteiger partial charge in [-0.3, -0.25) is 0 Å². The third-order valence-corrected chi connectivity index (χ3v) is 3.73. The number of aryl methyl sites for hydroxylation is 2. The van der Waals surface area contributed by atoms with E-state index in [1.54, 1.807) is 4.68 Å². The minimum Gasteiger partial charge on any atom is -0.222 e. The highest BCUT2D eigenvalue weighted by Gasteiger charge is 2.12. The first-order valence-electron chi connectivity index (χ1n) is 5.55. The molecule has 2 nitrogen and oxygen atoms in total. The van der Waals surface area contributed by atoms with Crippen molar-refractivity contribution in [2.45, 2.75) is 27.2 Å². The van der Waals surface area contributed by atoms with E-state index in [1.807, 2.05) is 32.0 Å². The van der Waals surface area contributed by atoms with Gasteiger partial charge in [0.15, 0.2) is 0 Å². The second kappa shape index (κ2) is 4.71. The molecule has 4 heteroatoms. The summed E-state index contributed by atoms with van der Waals surface area (Å²) >= 11 is 12.4. The molecule has 17 heavy (non-hydrogen) atoms. The molecule has 90 valence electrons. The smallest absolute Gasteiger partial charge is 0.136 e. The van der Waals surface area contributed by atoms with E-state index in [9.17, 15) is 0 Å². The fourth-order valence-electron chi connectivity index (χ4n) is 1.74. The number of halogens is 2. The molecule has 1 aromatic heterocycles. The third-order valence-electron chi connectivity index (χ3n) is 2.88. The lowest BCUT2D eigenvalue weighted by atomic mass is 10.2. The molecule has 0 saturated heterocycles. The van der Waals surface area contributed by atoms with Crippen molar-refractivity contribution in [3.63, 3.8) is 0 Å². The minimum absolute atomic E-state index is 0.654. The molecule has 0 aliphatic rings. The maximum absolute atomic E-state index is 6.28. The lowest BCUT2D eigenvalue weighted by Gasteiger charge is -2.05. The SMILES string of the molecule is CCc1nn(-c2ccc(C)c(Cl)c2)c(Cl)c1C. The first-order chi connectivity index (χ1) is 8.04. The highest BCUT2D eigenvalue weighted by Crippen LogP contribution is 2.25. The van der Waals surface area contributed by atoms with E-state index >= 15 is 0 Å². The molecule has 1 aromatic carbocycles. The molecular formula is C13H14Cl2N2. The molecule has 0 atom stereocenters. The maximum atomic E-state index is 6.28. The summed E-state index contributed by atoms with van der Waals surface area (Å²) in [6, 6.07) is 5.82. The first kappa shape index (κ1) is 12.5. The van der Waals surface area contributed by atoms with Crippen molar-refractivity contribution < 1.29 is 0 Å². The van der Waals surface area contributed by atoms with E-state index in [2.05, 4.69) is 12.0 Å². The summed E-state index contributed by atoms with van der Waals surface area (Å²) in [7, 11) is 0. The predicted molar refractivity (Wildman–Crippen MR) is 72.4 cm³/mol. The molecule has 0 N–H and O–H groups in total. The Morgan fingerprint density at radius 2 is 1.94 bits per heavy atom. The summed E-state index contributed by atoms with van der Waals surface area (Å²) in [6.07, 6.45) is 0.873. The van der Waals surface area contributed by atoms with Gasteiger partial charge in [-0.15, -0.1) is 0 Å². The fraction of sp³-hybridized carbons (Fsp3) is 0.308. The van der Waals surface area contributed by atoms with Crippen LogP contribution in [0, 0.1) is 13.8 Å². The van der Waals surface area contributed by atoms with Gasteiger partial charge in [-0.2, -0.15) is 5.10 Å². The number of aromatic nitrogens is 2. The lowest BCUT2D eigenvalue weighted by Crippen LogP contribution is -1.97. The molecular weight excluding hydrogens is 255 g/mol. The zero-order chi connectivity index (χ0) is 12.6. The van der Waals surface area contributed by atoms with Gasteiger partial charge in [-0.1, -0.05) is 36.2 Å². The number of hydrogen-bond donors (Lipinski definition) is 0. The van der Waals surface area contributed by atoms with Crippen molar-refractivity contribution in [3.05, 3.63) is 45.2 Å². The van der Waals surface area contributed by atoms with E-state index in [0.717, 1.165) is 34.0 Å². The van der Waals surface area contributed by atoms with Gasteiger partial charge < -0.3 is 0 Å². The van der Waals surface area contributed by atoms with Crippen molar-refractivity contribution in [3.8, 4) is 5.69 Å². The van der Waals surface area contributed by atoms with E-state index in [1.165, 1.54) is 0 Å². The van der Waals surface area contributed by atoms with Crippen molar-refractivity contribution in [2.24, 2.45) is 0 Å². The van der Waals surface area contributed by atoms with E-state index in [4.69, 9.17) is 23.2 Å². The molecule has 2 rings (SSSR count). The Morgan fingerprint density at radius 1 is 1.24 bits per heavy atom. The van der Waals surface area contributed by atoms with Gasteiger partial charge in [-0.25, -0.2) is 4.68 Å². The Hall–Kier alpha value is -0.990. The number of rotatable bonds is 2. The van der Waals surface area contributed by atoms with Crippen LogP contribution in [-0.2, 0) is 6.42 Å². The number of nitrogens with zero attached hydrogens (tertiary/aromatic N) is 2.